The fraction of sp³-hybridized carbons (Fsp3) is 0.250. The number of urea groups is 1. The first-order valence-corrected chi connectivity index (χ1v) is 8.69. The molecular formula is C20H24N4O4. The van der Waals surface area contributed by atoms with Crippen molar-refractivity contribution in [2.45, 2.75) is 12.5 Å². The molecule has 4 amide bonds. The summed E-state index contributed by atoms with van der Waals surface area (Å²) in [5.74, 6) is -0.0398. The van der Waals surface area contributed by atoms with Crippen molar-refractivity contribution in [2.75, 3.05) is 26.0 Å². The lowest BCUT2D eigenvalue weighted by atomic mass is 10.1. The zero-order valence-corrected chi connectivity index (χ0v) is 15.8. The molecule has 2 aromatic carbocycles. The minimum absolute atomic E-state index is 0.0691. The van der Waals surface area contributed by atoms with E-state index in [4.69, 9.17) is 10.5 Å². The van der Waals surface area contributed by atoms with Crippen molar-refractivity contribution in [3.05, 3.63) is 60.2 Å². The summed E-state index contributed by atoms with van der Waals surface area (Å²) in [6, 6.07) is 14.3. The number of likely N-dealkylation sites (N-methyl/N-ethyl adjacent to an activating group) is 1. The van der Waals surface area contributed by atoms with Gasteiger partial charge in [-0.25, -0.2) is 4.79 Å². The molecule has 0 bridgehead atoms. The van der Waals surface area contributed by atoms with Crippen LogP contribution >= 0.6 is 0 Å². The highest BCUT2D eigenvalue weighted by molar-refractivity contribution is 5.97. The standard InChI is InChI=1S/C20H24N4O4/c1-24(2)18(25)13-28-16-10-8-15(9-11-16)22-19(26)17(23-20(21)27)12-14-6-4-3-5-7-14/h3-11,17H,12-13H2,1-2H3,(H,22,26)(H3,21,23,27). The lowest BCUT2D eigenvalue weighted by Crippen LogP contribution is -2.47. The lowest BCUT2D eigenvalue weighted by Gasteiger charge is -2.17. The molecule has 2 rings (SSSR count). The largest absolute Gasteiger partial charge is 0.484 e. The summed E-state index contributed by atoms with van der Waals surface area (Å²) < 4.78 is 5.39. The van der Waals surface area contributed by atoms with E-state index in [9.17, 15) is 14.4 Å². The maximum Gasteiger partial charge on any atom is 0.312 e. The number of hydrogen-bond donors (Lipinski definition) is 3. The lowest BCUT2D eigenvalue weighted by molar-refractivity contribution is -0.130. The van der Waals surface area contributed by atoms with Crippen molar-refractivity contribution in [1.29, 1.82) is 0 Å². The molecule has 8 heteroatoms. The number of hydrogen-bond acceptors (Lipinski definition) is 4. The zero-order chi connectivity index (χ0) is 20.5. The highest BCUT2D eigenvalue weighted by Gasteiger charge is 2.20. The van der Waals surface area contributed by atoms with Crippen LogP contribution in [0.3, 0.4) is 0 Å². The van der Waals surface area contributed by atoms with E-state index in [0.29, 0.717) is 17.9 Å². The number of rotatable bonds is 8. The van der Waals surface area contributed by atoms with E-state index in [-0.39, 0.29) is 18.4 Å². The number of nitrogens with one attached hydrogen (secondary N) is 2. The number of nitrogens with zero attached hydrogens (tertiary/aromatic N) is 1. The van der Waals surface area contributed by atoms with Crippen molar-refractivity contribution in [3.63, 3.8) is 0 Å². The van der Waals surface area contributed by atoms with Gasteiger partial charge in [0.2, 0.25) is 5.91 Å². The SMILES string of the molecule is CN(C)C(=O)COc1ccc(NC(=O)C(Cc2ccccc2)NC(N)=O)cc1. The summed E-state index contributed by atoms with van der Waals surface area (Å²) in [6.07, 6.45) is 0.309. The molecule has 1 atom stereocenters. The molecule has 4 N–H and O–H groups in total. The monoisotopic (exact) mass is 384 g/mol. The molecule has 0 saturated carbocycles. The zero-order valence-electron chi connectivity index (χ0n) is 15.8. The van der Waals surface area contributed by atoms with Gasteiger partial charge in [-0.05, 0) is 29.8 Å². The summed E-state index contributed by atoms with van der Waals surface area (Å²) in [5, 5.41) is 5.20. The van der Waals surface area contributed by atoms with Crippen LogP contribution in [0.5, 0.6) is 5.75 Å². The highest BCUT2D eigenvalue weighted by Crippen LogP contribution is 2.16. The van der Waals surface area contributed by atoms with E-state index in [1.165, 1.54) is 4.90 Å². The topological polar surface area (TPSA) is 114 Å². The van der Waals surface area contributed by atoms with Crippen LogP contribution in [0.4, 0.5) is 10.5 Å². The maximum atomic E-state index is 12.6. The Bertz CT molecular complexity index is 807. The molecule has 2 aromatic rings. The van der Waals surface area contributed by atoms with Gasteiger partial charge in [-0.3, -0.25) is 9.59 Å². The molecule has 0 aromatic heterocycles. The molecule has 28 heavy (non-hydrogen) atoms. The Morgan fingerprint density at radius 3 is 2.25 bits per heavy atom. The van der Waals surface area contributed by atoms with Gasteiger partial charge < -0.3 is 26.0 Å². The molecule has 148 valence electrons. The fourth-order valence-electron chi connectivity index (χ4n) is 2.37. The van der Waals surface area contributed by atoms with Gasteiger partial charge in [-0.1, -0.05) is 30.3 Å². The molecule has 0 aliphatic rings. The average molecular weight is 384 g/mol. The Labute approximate surface area is 163 Å². The first kappa shape index (κ1) is 20.8. The fourth-order valence-corrected chi connectivity index (χ4v) is 2.37. The average Bonchev–Trinajstić information content (AvgIpc) is 2.67. The van der Waals surface area contributed by atoms with Crippen LogP contribution in [0.15, 0.2) is 54.6 Å². The number of nitrogens with two attached hydrogens (primary N) is 1. The second-order valence-electron chi connectivity index (χ2n) is 6.34. The van der Waals surface area contributed by atoms with Gasteiger partial charge in [0, 0.05) is 26.2 Å². The molecule has 0 heterocycles. The summed E-state index contributed by atoms with van der Waals surface area (Å²) in [4.78, 5) is 36.8. The molecular weight excluding hydrogens is 360 g/mol. The minimum atomic E-state index is -0.812. The van der Waals surface area contributed by atoms with Crippen LogP contribution in [0.2, 0.25) is 0 Å². The van der Waals surface area contributed by atoms with Gasteiger partial charge in [0.15, 0.2) is 6.61 Å². The molecule has 0 fully saturated rings. The maximum absolute atomic E-state index is 12.6. The quantitative estimate of drug-likeness (QED) is 0.638. The van der Waals surface area contributed by atoms with Crippen molar-refractivity contribution in [3.8, 4) is 5.75 Å². The summed E-state index contributed by atoms with van der Waals surface area (Å²) in [6.45, 7) is -0.0691. The number of ether oxygens (including phenoxy) is 1. The van der Waals surface area contributed by atoms with Crippen molar-refractivity contribution < 1.29 is 19.1 Å². The predicted molar refractivity (Wildman–Crippen MR) is 106 cm³/mol. The van der Waals surface area contributed by atoms with Crippen LogP contribution < -0.4 is 21.1 Å². The minimum Gasteiger partial charge on any atom is -0.484 e. The Morgan fingerprint density at radius 2 is 1.68 bits per heavy atom. The van der Waals surface area contributed by atoms with Crippen molar-refractivity contribution >= 4 is 23.5 Å². The Balaban J connectivity index is 1.98. The molecule has 1 unspecified atom stereocenters. The van der Waals surface area contributed by atoms with Gasteiger partial charge in [0.05, 0.1) is 0 Å². The first-order chi connectivity index (χ1) is 13.3. The van der Waals surface area contributed by atoms with Gasteiger partial charge >= 0.3 is 6.03 Å². The molecule has 0 aliphatic heterocycles. The third-order valence-electron chi connectivity index (χ3n) is 3.90. The van der Waals surface area contributed by atoms with E-state index in [1.54, 1.807) is 38.4 Å². The number of carbonyl (C=O) groups excluding carboxylic acids is 3. The van der Waals surface area contributed by atoms with Crippen LogP contribution in [0.1, 0.15) is 5.56 Å². The summed E-state index contributed by atoms with van der Waals surface area (Å²) in [7, 11) is 3.30. The molecule has 0 spiro atoms. The van der Waals surface area contributed by atoms with Crippen LogP contribution in [-0.4, -0.2) is 49.5 Å². The number of primary amides is 1. The normalized spacial score (nSPS) is 11.2. The van der Waals surface area contributed by atoms with E-state index < -0.39 is 12.1 Å². The van der Waals surface area contributed by atoms with Gasteiger partial charge in [0.25, 0.3) is 5.91 Å². The van der Waals surface area contributed by atoms with E-state index in [2.05, 4.69) is 10.6 Å². The third-order valence-corrected chi connectivity index (χ3v) is 3.90. The van der Waals surface area contributed by atoms with Crippen molar-refractivity contribution in [2.24, 2.45) is 5.73 Å². The molecule has 0 aliphatic carbocycles. The number of amides is 4. The molecule has 8 nitrogen and oxygen atoms in total. The Hall–Kier alpha value is -3.55. The smallest absolute Gasteiger partial charge is 0.312 e. The molecule has 0 saturated heterocycles. The van der Waals surface area contributed by atoms with Gasteiger partial charge in [0.1, 0.15) is 11.8 Å². The summed E-state index contributed by atoms with van der Waals surface area (Å²) >= 11 is 0. The van der Waals surface area contributed by atoms with E-state index >= 15 is 0 Å². The van der Waals surface area contributed by atoms with Gasteiger partial charge in [-0.15, -0.1) is 0 Å². The van der Waals surface area contributed by atoms with E-state index in [1.807, 2.05) is 30.3 Å². The van der Waals surface area contributed by atoms with Crippen LogP contribution in [0.25, 0.3) is 0 Å². The van der Waals surface area contributed by atoms with Crippen LogP contribution in [-0.2, 0) is 16.0 Å². The molecule has 0 radical (unpaired) electrons. The van der Waals surface area contributed by atoms with Crippen LogP contribution in [0, 0.1) is 0 Å². The van der Waals surface area contributed by atoms with Gasteiger partial charge in [-0.2, -0.15) is 0 Å². The van der Waals surface area contributed by atoms with Crippen molar-refractivity contribution in [1.82, 2.24) is 10.2 Å². The Kier molecular flexibility index (Phi) is 7.38. The third kappa shape index (κ3) is 6.64. The Morgan fingerprint density at radius 1 is 1.04 bits per heavy atom. The van der Waals surface area contributed by atoms with E-state index in [0.717, 1.165) is 5.56 Å². The number of benzene rings is 2. The first-order valence-electron chi connectivity index (χ1n) is 8.69. The highest BCUT2D eigenvalue weighted by atomic mass is 16.5. The predicted octanol–water partition coefficient (Wildman–Crippen LogP) is 1.37. The second-order valence-corrected chi connectivity index (χ2v) is 6.34. The summed E-state index contributed by atoms with van der Waals surface area (Å²) in [5.41, 5.74) is 6.62. The number of anilines is 1. The second kappa shape index (κ2) is 9.96. The number of carbonyl (C=O) groups is 3.